The number of nitrogens with zero attached hydrogens (tertiary/aromatic N) is 1. The van der Waals surface area contributed by atoms with Gasteiger partial charge in [-0.15, -0.1) is 0 Å². The molecular formula is C13H15NO4. The van der Waals surface area contributed by atoms with Gasteiger partial charge in [0.2, 0.25) is 0 Å². The zero-order chi connectivity index (χ0) is 13.4. The van der Waals surface area contributed by atoms with Crippen LogP contribution < -0.4 is 0 Å². The van der Waals surface area contributed by atoms with Gasteiger partial charge in [0.05, 0.1) is 20.1 Å². The molecule has 0 saturated carbocycles. The lowest BCUT2D eigenvalue weighted by molar-refractivity contribution is -0.142. The van der Waals surface area contributed by atoms with E-state index in [1.165, 1.54) is 13.3 Å². The predicted octanol–water partition coefficient (Wildman–Crippen LogP) is 1.83. The van der Waals surface area contributed by atoms with Crippen LogP contribution in [0.3, 0.4) is 0 Å². The molecule has 5 nitrogen and oxygen atoms in total. The quantitative estimate of drug-likeness (QED) is 0.745. The Bertz CT molecular complexity index is 437. The Morgan fingerprint density at radius 1 is 1.39 bits per heavy atom. The van der Waals surface area contributed by atoms with Crippen molar-refractivity contribution >= 4 is 18.0 Å². The molecule has 0 atom stereocenters. The van der Waals surface area contributed by atoms with Gasteiger partial charge in [-0.2, -0.15) is 0 Å². The lowest BCUT2D eigenvalue weighted by Crippen LogP contribution is -2.03. The first-order valence-electron chi connectivity index (χ1n) is 5.54. The summed E-state index contributed by atoms with van der Waals surface area (Å²) in [4.78, 5) is 26.1. The summed E-state index contributed by atoms with van der Waals surface area (Å²) in [6, 6.07) is 3.29. The minimum absolute atomic E-state index is 0.215. The molecule has 0 aliphatic carbocycles. The van der Waals surface area contributed by atoms with E-state index in [0.29, 0.717) is 6.61 Å². The molecule has 1 heterocycles. The molecule has 1 aromatic heterocycles. The molecule has 1 rings (SSSR count). The van der Waals surface area contributed by atoms with E-state index in [1.807, 2.05) is 0 Å². The molecule has 0 aromatic carbocycles. The van der Waals surface area contributed by atoms with Crippen molar-refractivity contribution in [2.45, 2.75) is 13.3 Å². The van der Waals surface area contributed by atoms with Gasteiger partial charge in [-0.25, -0.2) is 9.78 Å². The van der Waals surface area contributed by atoms with Crippen LogP contribution in [0.4, 0.5) is 0 Å². The minimum Gasteiger partial charge on any atom is -0.466 e. The fourth-order valence-electron chi connectivity index (χ4n) is 1.24. The third kappa shape index (κ3) is 4.37. The zero-order valence-electron chi connectivity index (χ0n) is 10.4. The van der Waals surface area contributed by atoms with Crippen LogP contribution in [0, 0.1) is 0 Å². The topological polar surface area (TPSA) is 65.5 Å². The SMILES string of the molecule is CCOC(=O)CC=Cc1ccc(C(=O)OC)nc1. The van der Waals surface area contributed by atoms with E-state index in [0.717, 1.165) is 5.56 Å². The Hall–Kier alpha value is -2.17. The number of methoxy groups -OCH3 is 1. The van der Waals surface area contributed by atoms with Crippen LogP contribution in [0.2, 0.25) is 0 Å². The monoisotopic (exact) mass is 249 g/mol. The highest BCUT2D eigenvalue weighted by molar-refractivity contribution is 5.87. The number of ether oxygens (including phenoxy) is 2. The average molecular weight is 249 g/mol. The van der Waals surface area contributed by atoms with Gasteiger partial charge < -0.3 is 9.47 Å². The fraction of sp³-hybridized carbons (Fsp3) is 0.308. The van der Waals surface area contributed by atoms with Crippen molar-refractivity contribution in [2.75, 3.05) is 13.7 Å². The number of carbonyl (C=O) groups excluding carboxylic acids is 2. The number of carbonyl (C=O) groups is 2. The van der Waals surface area contributed by atoms with E-state index >= 15 is 0 Å². The summed E-state index contributed by atoms with van der Waals surface area (Å²) in [5, 5.41) is 0. The van der Waals surface area contributed by atoms with Crippen LogP contribution in [0.25, 0.3) is 6.08 Å². The fourth-order valence-corrected chi connectivity index (χ4v) is 1.24. The summed E-state index contributed by atoms with van der Waals surface area (Å²) in [7, 11) is 1.30. The summed E-state index contributed by atoms with van der Waals surface area (Å²) in [5.41, 5.74) is 1.05. The highest BCUT2D eigenvalue weighted by Gasteiger charge is 2.05. The molecular weight excluding hydrogens is 234 g/mol. The van der Waals surface area contributed by atoms with Gasteiger partial charge in [0.25, 0.3) is 0 Å². The van der Waals surface area contributed by atoms with E-state index < -0.39 is 5.97 Å². The normalized spacial score (nSPS) is 10.3. The first-order chi connectivity index (χ1) is 8.67. The maximum Gasteiger partial charge on any atom is 0.356 e. The molecule has 0 fully saturated rings. The third-order valence-electron chi connectivity index (χ3n) is 2.08. The molecule has 0 radical (unpaired) electrons. The lowest BCUT2D eigenvalue weighted by Gasteiger charge is -1.99. The Morgan fingerprint density at radius 2 is 2.17 bits per heavy atom. The number of aromatic nitrogens is 1. The molecule has 5 heteroatoms. The maximum atomic E-state index is 11.1. The Balaban J connectivity index is 2.56. The van der Waals surface area contributed by atoms with Crippen LogP contribution in [-0.2, 0) is 14.3 Å². The van der Waals surface area contributed by atoms with Gasteiger partial charge in [0, 0.05) is 6.20 Å². The van der Waals surface area contributed by atoms with E-state index in [2.05, 4.69) is 9.72 Å². The zero-order valence-corrected chi connectivity index (χ0v) is 10.4. The number of hydrogen-bond donors (Lipinski definition) is 0. The second kappa shape index (κ2) is 7.21. The predicted molar refractivity (Wildman–Crippen MR) is 65.9 cm³/mol. The van der Waals surface area contributed by atoms with Gasteiger partial charge in [-0.05, 0) is 18.6 Å². The van der Waals surface area contributed by atoms with Crippen LogP contribution in [0.15, 0.2) is 24.4 Å². The second-order valence-electron chi connectivity index (χ2n) is 3.38. The molecule has 18 heavy (non-hydrogen) atoms. The summed E-state index contributed by atoms with van der Waals surface area (Å²) in [6.07, 6.45) is 5.18. The van der Waals surface area contributed by atoms with E-state index in [9.17, 15) is 9.59 Å². The standard InChI is InChI=1S/C13H15NO4/c1-3-18-12(15)6-4-5-10-7-8-11(14-9-10)13(16)17-2/h4-5,7-9H,3,6H2,1-2H3. The van der Waals surface area contributed by atoms with Gasteiger partial charge in [0.1, 0.15) is 5.69 Å². The molecule has 0 spiro atoms. The van der Waals surface area contributed by atoms with Crippen LogP contribution in [-0.4, -0.2) is 30.6 Å². The first-order valence-corrected chi connectivity index (χ1v) is 5.54. The Kier molecular flexibility index (Phi) is 5.57. The number of rotatable bonds is 5. The highest BCUT2D eigenvalue weighted by atomic mass is 16.5. The van der Waals surface area contributed by atoms with Gasteiger partial charge in [-0.1, -0.05) is 18.2 Å². The van der Waals surface area contributed by atoms with Gasteiger partial charge in [0.15, 0.2) is 0 Å². The Labute approximate surface area is 105 Å². The van der Waals surface area contributed by atoms with E-state index in [-0.39, 0.29) is 18.1 Å². The molecule has 0 saturated heterocycles. The third-order valence-corrected chi connectivity index (χ3v) is 2.08. The van der Waals surface area contributed by atoms with Crippen molar-refractivity contribution < 1.29 is 19.1 Å². The Morgan fingerprint density at radius 3 is 2.72 bits per heavy atom. The van der Waals surface area contributed by atoms with Gasteiger partial charge in [-0.3, -0.25) is 4.79 Å². The maximum absolute atomic E-state index is 11.1. The van der Waals surface area contributed by atoms with Crippen molar-refractivity contribution in [3.63, 3.8) is 0 Å². The van der Waals surface area contributed by atoms with Gasteiger partial charge >= 0.3 is 11.9 Å². The average Bonchev–Trinajstić information content (AvgIpc) is 2.39. The molecule has 0 N–H and O–H groups in total. The van der Waals surface area contributed by atoms with Crippen LogP contribution >= 0.6 is 0 Å². The van der Waals surface area contributed by atoms with Crippen LogP contribution in [0.1, 0.15) is 29.4 Å². The van der Waals surface area contributed by atoms with Crippen molar-refractivity contribution in [3.05, 3.63) is 35.7 Å². The summed E-state index contributed by atoms with van der Waals surface area (Å²) < 4.78 is 9.31. The summed E-state index contributed by atoms with van der Waals surface area (Å²) in [5.74, 6) is -0.745. The number of esters is 2. The second-order valence-corrected chi connectivity index (χ2v) is 3.38. The highest BCUT2D eigenvalue weighted by Crippen LogP contribution is 2.04. The molecule has 0 unspecified atom stereocenters. The number of pyridine rings is 1. The number of hydrogen-bond acceptors (Lipinski definition) is 5. The van der Waals surface area contributed by atoms with Crippen molar-refractivity contribution in [3.8, 4) is 0 Å². The molecule has 96 valence electrons. The molecule has 0 aliphatic rings. The van der Waals surface area contributed by atoms with Crippen molar-refractivity contribution in [2.24, 2.45) is 0 Å². The van der Waals surface area contributed by atoms with Crippen molar-refractivity contribution in [1.29, 1.82) is 0 Å². The summed E-state index contributed by atoms with van der Waals surface area (Å²) >= 11 is 0. The van der Waals surface area contributed by atoms with E-state index in [1.54, 1.807) is 31.2 Å². The van der Waals surface area contributed by atoms with Crippen molar-refractivity contribution in [1.82, 2.24) is 4.98 Å². The van der Waals surface area contributed by atoms with E-state index in [4.69, 9.17) is 4.74 Å². The molecule has 0 bridgehead atoms. The largest absolute Gasteiger partial charge is 0.466 e. The summed E-state index contributed by atoms with van der Waals surface area (Å²) in [6.45, 7) is 2.14. The lowest BCUT2D eigenvalue weighted by atomic mass is 10.2. The molecule has 1 aromatic rings. The molecule has 0 aliphatic heterocycles. The van der Waals surface area contributed by atoms with Crippen LogP contribution in [0.5, 0.6) is 0 Å². The molecule has 0 amide bonds. The smallest absolute Gasteiger partial charge is 0.356 e. The minimum atomic E-state index is -0.475. The first kappa shape index (κ1) is 13.9.